The van der Waals surface area contributed by atoms with Crippen molar-refractivity contribution in [2.75, 3.05) is 46.1 Å². The molecule has 1 aliphatic heterocycles. The van der Waals surface area contributed by atoms with Crippen LogP contribution in [0.1, 0.15) is 6.92 Å². The van der Waals surface area contributed by atoms with Crippen LogP contribution in [-0.4, -0.2) is 51.0 Å². The van der Waals surface area contributed by atoms with E-state index in [1.807, 2.05) is 31.2 Å². The van der Waals surface area contributed by atoms with E-state index in [0.29, 0.717) is 13.2 Å². The van der Waals surface area contributed by atoms with Crippen LogP contribution in [0.5, 0.6) is 11.5 Å². The molecule has 1 aromatic carbocycles. The molecule has 1 aromatic rings. The highest BCUT2D eigenvalue weighted by molar-refractivity contribution is 5.31. The third kappa shape index (κ3) is 4.20. The largest absolute Gasteiger partial charge is 0.494 e. The Morgan fingerprint density at radius 3 is 2.28 bits per heavy atom. The van der Waals surface area contributed by atoms with Crippen LogP contribution >= 0.6 is 0 Å². The monoisotopic (exact) mass is 251 g/mol. The normalized spacial score (nSPS) is 16.5. The number of rotatable bonds is 6. The van der Waals surface area contributed by atoms with Crippen molar-refractivity contribution in [3.63, 3.8) is 0 Å². The summed E-state index contributed by atoms with van der Waals surface area (Å²) in [4.78, 5) is 2.36. The topological polar surface area (TPSA) is 30.9 Å². The van der Waals surface area contributed by atoms with Gasteiger partial charge in [0.2, 0.25) is 0 Å². The maximum absolute atomic E-state index is 5.70. The Hall–Kier alpha value is -1.26. The number of morpholine rings is 1. The molecule has 18 heavy (non-hydrogen) atoms. The lowest BCUT2D eigenvalue weighted by molar-refractivity contribution is 0.0322. The third-order valence-corrected chi connectivity index (χ3v) is 2.91. The maximum Gasteiger partial charge on any atom is 0.119 e. The smallest absolute Gasteiger partial charge is 0.119 e. The first-order valence-corrected chi connectivity index (χ1v) is 6.54. The molecule has 0 saturated carbocycles. The van der Waals surface area contributed by atoms with Crippen molar-refractivity contribution in [1.82, 2.24) is 4.90 Å². The molecular weight excluding hydrogens is 230 g/mol. The zero-order valence-electron chi connectivity index (χ0n) is 10.9. The molecule has 2 rings (SSSR count). The SMILES string of the molecule is CCOc1ccc(OCCN2CCOCC2)cc1. The number of hydrogen-bond donors (Lipinski definition) is 0. The van der Waals surface area contributed by atoms with Gasteiger partial charge in [-0.05, 0) is 31.2 Å². The summed E-state index contributed by atoms with van der Waals surface area (Å²) in [6, 6.07) is 7.77. The molecule has 0 aromatic heterocycles. The van der Waals surface area contributed by atoms with E-state index < -0.39 is 0 Å². The van der Waals surface area contributed by atoms with Gasteiger partial charge in [-0.25, -0.2) is 0 Å². The van der Waals surface area contributed by atoms with Crippen molar-refractivity contribution in [2.45, 2.75) is 6.92 Å². The Morgan fingerprint density at radius 2 is 1.67 bits per heavy atom. The molecule has 0 unspecified atom stereocenters. The summed E-state index contributed by atoms with van der Waals surface area (Å²) in [5, 5.41) is 0. The second kappa shape index (κ2) is 7.24. The van der Waals surface area contributed by atoms with Crippen molar-refractivity contribution < 1.29 is 14.2 Å². The van der Waals surface area contributed by atoms with Gasteiger partial charge in [-0.3, -0.25) is 4.90 Å². The fourth-order valence-electron chi connectivity index (χ4n) is 1.92. The highest BCUT2D eigenvalue weighted by atomic mass is 16.5. The Labute approximate surface area is 108 Å². The molecule has 1 fully saturated rings. The van der Waals surface area contributed by atoms with Crippen LogP contribution in [0.3, 0.4) is 0 Å². The van der Waals surface area contributed by atoms with Gasteiger partial charge < -0.3 is 14.2 Å². The van der Waals surface area contributed by atoms with Crippen LogP contribution in [0.15, 0.2) is 24.3 Å². The molecule has 100 valence electrons. The number of benzene rings is 1. The van der Waals surface area contributed by atoms with Gasteiger partial charge in [0.05, 0.1) is 19.8 Å². The molecule has 0 N–H and O–H groups in total. The van der Waals surface area contributed by atoms with Gasteiger partial charge in [0, 0.05) is 19.6 Å². The summed E-state index contributed by atoms with van der Waals surface area (Å²) >= 11 is 0. The van der Waals surface area contributed by atoms with Crippen LogP contribution in [0.25, 0.3) is 0 Å². The van der Waals surface area contributed by atoms with Crippen LogP contribution in [0, 0.1) is 0 Å². The fraction of sp³-hybridized carbons (Fsp3) is 0.571. The lowest BCUT2D eigenvalue weighted by Gasteiger charge is -2.26. The Balaban J connectivity index is 1.69. The highest BCUT2D eigenvalue weighted by Gasteiger charge is 2.09. The minimum atomic E-state index is 0.692. The summed E-state index contributed by atoms with van der Waals surface area (Å²) in [5.74, 6) is 1.78. The lowest BCUT2D eigenvalue weighted by Crippen LogP contribution is -2.38. The Bertz CT molecular complexity index is 333. The second-order valence-corrected chi connectivity index (χ2v) is 4.21. The predicted molar refractivity (Wildman–Crippen MR) is 70.4 cm³/mol. The van der Waals surface area contributed by atoms with E-state index in [1.165, 1.54) is 0 Å². The van der Waals surface area contributed by atoms with Gasteiger partial charge in [-0.15, -0.1) is 0 Å². The average Bonchev–Trinajstić information content (AvgIpc) is 2.42. The minimum Gasteiger partial charge on any atom is -0.494 e. The Morgan fingerprint density at radius 1 is 1.06 bits per heavy atom. The van der Waals surface area contributed by atoms with E-state index in [0.717, 1.165) is 44.3 Å². The molecular formula is C14H21NO3. The lowest BCUT2D eigenvalue weighted by atomic mass is 10.3. The molecule has 1 saturated heterocycles. The molecule has 1 heterocycles. The molecule has 4 heteroatoms. The summed E-state index contributed by atoms with van der Waals surface area (Å²) in [6.45, 7) is 8.03. The predicted octanol–water partition coefficient (Wildman–Crippen LogP) is 1.80. The zero-order chi connectivity index (χ0) is 12.6. The van der Waals surface area contributed by atoms with Gasteiger partial charge in [0.15, 0.2) is 0 Å². The highest BCUT2D eigenvalue weighted by Crippen LogP contribution is 2.17. The number of hydrogen-bond acceptors (Lipinski definition) is 4. The second-order valence-electron chi connectivity index (χ2n) is 4.21. The van der Waals surface area contributed by atoms with E-state index in [2.05, 4.69) is 4.90 Å². The van der Waals surface area contributed by atoms with Crippen LogP contribution in [0.2, 0.25) is 0 Å². The number of ether oxygens (including phenoxy) is 3. The standard InChI is InChI=1S/C14H21NO3/c1-2-17-13-3-5-14(6-4-13)18-12-9-15-7-10-16-11-8-15/h3-6H,2,7-12H2,1H3. The molecule has 0 aliphatic carbocycles. The molecule has 0 radical (unpaired) electrons. The first kappa shape index (κ1) is 13.2. The summed E-state index contributed by atoms with van der Waals surface area (Å²) < 4.78 is 16.4. The van der Waals surface area contributed by atoms with Crippen molar-refractivity contribution in [1.29, 1.82) is 0 Å². The average molecular weight is 251 g/mol. The molecule has 0 amide bonds. The molecule has 0 bridgehead atoms. The van der Waals surface area contributed by atoms with E-state index in [-0.39, 0.29) is 0 Å². The van der Waals surface area contributed by atoms with Crippen molar-refractivity contribution in [3.05, 3.63) is 24.3 Å². The first-order chi connectivity index (χ1) is 8.88. The summed E-state index contributed by atoms with van der Waals surface area (Å²) in [5.41, 5.74) is 0. The summed E-state index contributed by atoms with van der Waals surface area (Å²) in [7, 11) is 0. The molecule has 0 spiro atoms. The fourth-order valence-corrected chi connectivity index (χ4v) is 1.92. The van der Waals surface area contributed by atoms with Crippen molar-refractivity contribution in [3.8, 4) is 11.5 Å². The Kier molecular flexibility index (Phi) is 5.30. The van der Waals surface area contributed by atoms with Gasteiger partial charge in [0.25, 0.3) is 0 Å². The molecule has 1 aliphatic rings. The van der Waals surface area contributed by atoms with Gasteiger partial charge in [-0.1, -0.05) is 0 Å². The van der Waals surface area contributed by atoms with Crippen molar-refractivity contribution >= 4 is 0 Å². The van der Waals surface area contributed by atoms with Crippen LogP contribution in [-0.2, 0) is 4.74 Å². The minimum absolute atomic E-state index is 0.692. The van der Waals surface area contributed by atoms with E-state index in [1.54, 1.807) is 0 Å². The van der Waals surface area contributed by atoms with Crippen molar-refractivity contribution in [2.24, 2.45) is 0 Å². The van der Waals surface area contributed by atoms with Crippen LogP contribution in [0.4, 0.5) is 0 Å². The van der Waals surface area contributed by atoms with Crippen LogP contribution < -0.4 is 9.47 Å². The molecule has 4 nitrogen and oxygen atoms in total. The summed E-state index contributed by atoms with van der Waals surface area (Å²) in [6.07, 6.45) is 0. The van der Waals surface area contributed by atoms with E-state index >= 15 is 0 Å². The number of nitrogens with zero attached hydrogens (tertiary/aromatic N) is 1. The van der Waals surface area contributed by atoms with E-state index in [9.17, 15) is 0 Å². The van der Waals surface area contributed by atoms with Gasteiger partial charge in [0.1, 0.15) is 18.1 Å². The zero-order valence-corrected chi connectivity index (χ0v) is 10.9. The third-order valence-electron chi connectivity index (χ3n) is 2.91. The van der Waals surface area contributed by atoms with Gasteiger partial charge in [-0.2, -0.15) is 0 Å². The quantitative estimate of drug-likeness (QED) is 0.771. The van der Waals surface area contributed by atoms with Gasteiger partial charge >= 0.3 is 0 Å². The first-order valence-electron chi connectivity index (χ1n) is 6.54. The van der Waals surface area contributed by atoms with E-state index in [4.69, 9.17) is 14.2 Å². The maximum atomic E-state index is 5.70. The molecule has 0 atom stereocenters.